The summed E-state index contributed by atoms with van der Waals surface area (Å²) in [6.07, 6.45) is 15.9. The van der Waals surface area contributed by atoms with Crippen molar-refractivity contribution in [2.24, 2.45) is 0 Å². The number of hydrogen-bond donors (Lipinski definition) is 0. The molecule has 0 saturated heterocycles. The molecule has 0 N–H and O–H groups in total. The first kappa shape index (κ1) is 16.4. The van der Waals surface area contributed by atoms with E-state index in [9.17, 15) is 0 Å². The zero-order chi connectivity index (χ0) is 13.4. The summed E-state index contributed by atoms with van der Waals surface area (Å²) >= 11 is -1.28. The zero-order valence-electron chi connectivity index (χ0n) is 12.5. The van der Waals surface area contributed by atoms with Gasteiger partial charge in [-0.15, -0.1) is 0 Å². The third-order valence-electron chi connectivity index (χ3n) is 4.57. The summed E-state index contributed by atoms with van der Waals surface area (Å²) in [5.74, 6) is 0. The summed E-state index contributed by atoms with van der Waals surface area (Å²) in [5, 5.41) is 3.03. The van der Waals surface area contributed by atoms with Gasteiger partial charge in [-0.25, -0.2) is 0 Å². The summed E-state index contributed by atoms with van der Waals surface area (Å²) in [6, 6.07) is 0. The topological polar surface area (TPSA) is 0 Å². The van der Waals surface area contributed by atoms with Crippen molar-refractivity contribution >= 4 is 0 Å². The molecule has 0 nitrogen and oxygen atoms in total. The SMILES string of the molecule is C1=CC[C]([Ti][C]2=CC=CC2)=C1.C[CH2][Zn]([CH3])([CH3])[CH2]C. The summed E-state index contributed by atoms with van der Waals surface area (Å²) in [5.41, 5.74) is 5.03. The van der Waals surface area contributed by atoms with Gasteiger partial charge in [0.1, 0.15) is 0 Å². The van der Waals surface area contributed by atoms with Crippen LogP contribution in [0.4, 0.5) is 0 Å². The van der Waals surface area contributed by atoms with Gasteiger partial charge >= 0.3 is 126 Å². The predicted octanol–water partition coefficient (Wildman–Crippen LogP) is 5.87. The molecule has 0 aromatic heterocycles. The summed E-state index contributed by atoms with van der Waals surface area (Å²) in [6.45, 7) is 4.67. The van der Waals surface area contributed by atoms with Gasteiger partial charge in [-0.2, -0.15) is 0 Å². The molecule has 0 heterocycles. The Labute approximate surface area is 125 Å². The zero-order valence-corrected chi connectivity index (χ0v) is 17.0. The minimum absolute atomic E-state index is 0.0833. The average molecular weight is 332 g/mol. The Morgan fingerprint density at radius 2 is 1.39 bits per heavy atom. The van der Waals surface area contributed by atoms with Gasteiger partial charge in [0.25, 0.3) is 0 Å². The van der Waals surface area contributed by atoms with Gasteiger partial charge in [0.05, 0.1) is 0 Å². The van der Waals surface area contributed by atoms with E-state index in [1.54, 1.807) is 7.76 Å². The Hall–Kier alpha value is 0.298. The molecule has 0 aromatic carbocycles. The quantitative estimate of drug-likeness (QED) is 0.565. The van der Waals surface area contributed by atoms with Crippen molar-refractivity contribution in [1.82, 2.24) is 0 Å². The second-order valence-electron chi connectivity index (χ2n) is 6.83. The van der Waals surface area contributed by atoms with E-state index in [2.05, 4.69) is 61.3 Å². The number of hydrogen-bond acceptors (Lipinski definition) is 0. The molecule has 0 radical (unpaired) electrons. The first-order chi connectivity index (χ1) is 8.57. The molecule has 0 amide bonds. The normalized spacial score (nSPS) is 16.2. The molecule has 2 aliphatic carbocycles. The Bertz CT molecular complexity index is 339. The van der Waals surface area contributed by atoms with E-state index in [-0.39, 0.29) is 19.2 Å². The third kappa shape index (κ3) is 6.46. The Balaban J connectivity index is 0.000000203. The van der Waals surface area contributed by atoms with Crippen molar-refractivity contribution in [3.8, 4) is 0 Å². The van der Waals surface area contributed by atoms with E-state index >= 15 is 0 Å². The maximum atomic E-state index is 2.52. The van der Waals surface area contributed by atoms with Crippen LogP contribution in [-0.4, -0.2) is 0 Å². The van der Waals surface area contributed by atoms with E-state index in [0.717, 1.165) is 0 Å². The fourth-order valence-electron chi connectivity index (χ4n) is 1.64. The molecule has 0 aliphatic heterocycles. The van der Waals surface area contributed by atoms with Crippen molar-refractivity contribution in [2.75, 3.05) is 0 Å². The molecule has 2 heteroatoms. The van der Waals surface area contributed by atoms with Crippen molar-refractivity contribution in [2.45, 2.75) is 47.8 Å². The first-order valence-electron chi connectivity index (χ1n) is 7.76. The Morgan fingerprint density at radius 1 is 0.944 bits per heavy atom. The van der Waals surface area contributed by atoms with Crippen molar-refractivity contribution < 1.29 is 33.9 Å². The molecule has 0 fully saturated rings. The minimum atomic E-state index is -1.36. The molecule has 96 valence electrons. The predicted molar refractivity (Wildman–Crippen MR) is 76.4 cm³/mol. The van der Waals surface area contributed by atoms with Crippen LogP contribution in [0, 0.1) is 0 Å². The molecule has 0 unspecified atom stereocenters. The fraction of sp³-hybridized carbons (Fsp3) is 0.500. The summed E-state index contributed by atoms with van der Waals surface area (Å²) < 4.78 is 3.36. The third-order valence-corrected chi connectivity index (χ3v) is 18.1. The Morgan fingerprint density at radius 3 is 1.61 bits per heavy atom. The van der Waals surface area contributed by atoms with Crippen molar-refractivity contribution in [1.29, 1.82) is 0 Å². The summed E-state index contributed by atoms with van der Waals surface area (Å²) in [7, 11) is 0. The van der Waals surface area contributed by atoms with Crippen molar-refractivity contribution in [3.63, 3.8) is 0 Å². The molecule has 0 saturated carbocycles. The van der Waals surface area contributed by atoms with E-state index in [1.165, 1.54) is 22.9 Å². The van der Waals surface area contributed by atoms with Crippen LogP contribution in [-0.2, 0) is 33.9 Å². The van der Waals surface area contributed by atoms with Gasteiger partial charge in [-0.3, -0.25) is 0 Å². The summed E-state index contributed by atoms with van der Waals surface area (Å²) in [4.78, 5) is 0. The molecule has 2 rings (SSSR count). The van der Waals surface area contributed by atoms with Crippen LogP contribution in [0.3, 0.4) is 0 Å². The molecular weight excluding hydrogens is 305 g/mol. The second kappa shape index (κ2) is 8.46. The molecule has 0 atom stereocenters. The first-order valence-corrected chi connectivity index (χ1v) is 19.5. The Kier molecular flexibility index (Phi) is 7.69. The monoisotopic (exact) mass is 330 g/mol. The van der Waals surface area contributed by atoms with Crippen LogP contribution in [0.1, 0.15) is 26.7 Å². The van der Waals surface area contributed by atoms with Crippen LogP contribution in [0.25, 0.3) is 0 Å². The van der Waals surface area contributed by atoms with Crippen LogP contribution in [0.15, 0.2) is 44.2 Å². The van der Waals surface area contributed by atoms with Gasteiger partial charge in [0.15, 0.2) is 0 Å². The van der Waals surface area contributed by atoms with Crippen LogP contribution in [0.2, 0.25) is 21.1 Å². The van der Waals surface area contributed by atoms with Gasteiger partial charge in [0.2, 0.25) is 0 Å². The van der Waals surface area contributed by atoms with Gasteiger partial charge in [-0.1, -0.05) is 0 Å². The van der Waals surface area contributed by atoms with Crippen LogP contribution < -0.4 is 0 Å². The molecule has 18 heavy (non-hydrogen) atoms. The van der Waals surface area contributed by atoms with Crippen molar-refractivity contribution in [3.05, 3.63) is 44.2 Å². The van der Waals surface area contributed by atoms with E-state index in [1.807, 2.05) is 0 Å². The second-order valence-corrected chi connectivity index (χ2v) is 26.3. The average Bonchev–Trinajstić information content (AvgIpc) is 3.04. The molecule has 0 aromatic rings. The molecule has 2 aliphatic rings. The van der Waals surface area contributed by atoms with E-state index in [4.69, 9.17) is 0 Å². The van der Waals surface area contributed by atoms with Gasteiger partial charge in [0, 0.05) is 0 Å². The molecular formula is C16H26TiZn. The fourth-order valence-corrected chi connectivity index (χ4v) is 5.01. The van der Waals surface area contributed by atoms with E-state index < -0.39 is 14.8 Å². The van der Waals surface area contributed by atoms with E-state index in [0.29, 0.717) is 0 Å². The van der Waals surface area contributed by atoms with Crippen LogP contribution >= 0.6 is 0 Å². The number of allylic oxidation sites excluding steroid dienone is 8. The van der Waals surface area contributed by atoms with Gasteiger partial charge in [-0.05, 0) is 0 Å². The molecule has 0 spiro atoms. The maximum absolute atomic E-state index is 2.52. The molecule has 0 bridgehead atoms. The standard InChI is InChI=1S/2C5H5.2C2H5.2CH3.Ti.Zn/c2*1-2-4-5-3-1;2*1-2;;;;/h2*1-3H,4H2;2*1H2,2H3;2*1H3;;. The van der Waals surface area contributed by atoms with Crippen LogP contribution in [0.5, 0.6) is 0 Å². The number of rotatable bonds is 4. The van der Waals surface area contributed by atoms with Gasteiger partial charge < -0.3 is 0 Å².